The summed E-state index contributed by atoms with van der Waals surface area (Å²) in [6.07, 6.45) is 4.26. The van der Waals surface area contributed by atoms with E-state index in [0.717, 1.165) is 12.1 Å². The minimum absolute atomic E-state index is 0.0500. The molecule has 1 atom stereocenters. The molecule has 1 fully saturated rings. The smallest absolute Gasteiger partial charge is 0.265 e. The Morgan fingerprint density at radius 1 is 1.48 bits per heavy atom. The van der Waals surface area contributed by atoms with Gasteiger partial charge in [-0.3, -0.25) is 14.8 Å². The van der Waals surface area contributed by atoms with Crippen molar-refractivity contribution in [2.24, 2.45) is 5.92 Å². The number of carbonyl (C=O) groups excluding carboxylic acids is 1. The second-order valence-electron chi connectivity index (χ2n) is 5.08. The van der Waals surface area contributed by atoms with Gasteiger partial charge in [0.2, 0.25) is 0 Å². The lowest BCUT2D eigenvalue weighted by Crippen LogP contribution is -2.36. The summed E-state index contributed by atoms with van der Waals surface area (Å²) in [5, 5.41) is 0. The molecule has 1 aliphatic heterocycles. The minimum Gasteiger partial charge on any atom is -0.379 e. The molecule has 0 aromatic carbocycles. The van der Waals surface area contributed by atoms with Gasteiger partial charge in [0, 0.05) is 30.9 Å². The van der Waals surface area contributed by atoms with Crippen LogP contribution in [-0.4, -0.2) is 47.1 Å². The molecule has 3 heterocycles. The molecule has 110 valence electrons. The highest BCUT2D eigenvalue weighted by atomic mass is 32.1. The molecule has 0 aliphatic carbocycles. The van der Waals surface area contributed by atoms with Crippen molar-refractivity contribution in [2.75, 3.05) is 26.3 Å². The van der Waals surface area contributed by atoms with E-state index in [1.807, 2.05) is 23.1 Å². The van der Waals surface area contributed by atoms with Crippen LogP contribution in [0.5, 0.6) is 0 Å². The van der Waals surface area contributed by atoms with E-state index in [-0.39, 0.29) is 11.8 Å². The standard InChI is InChI=1S/C15H17N3O2S/c19-15(14-8-16-11-21-14)18-5-6-20-10-12(9-18)7-13-3-1-2-4-17-13/h1-4,8,11-12H,5-7,9-10H2/t12-/m1/s1. The van der Waals surface area contributed by atoms with Gasteiger partial charge in [0.1, 0.15) is 4.88 Å². The Labute approximate surface area is 127 Å². The first kappa shape index (κ1) is 14.2. The van der Waals surface area contributed by atoms with Crippen LogP contribution in [0.25, 0.3) is 0 Å². The van der Waals surface area contributed by atoms with Gasteiger partial charge in [-0.25, -0.2) is 0 Å². The molecular formula is C15H17N3O2S. The summed E-state index contributed by atoms with van der Waals surface area (Å²) in [4.78, 5) is 23.3. The molecule has 1 saturated heterocycles. The van der Waals surface area contributed by atoms with Crippen LogP contribution in [-0.2, 0) is 11.2 Å². The minimum atomic E-state index is 0.0500. The van der Waals surface area contributed by atoms with Crippen LogP contribution in [0.1, 0.15) is 15.4 Å². The predicted molar refractivity (Wildman–Crippen MR) is 80.3 cm³/mol. The molecule has 3 rings (SSSR count). The highest BCUT2D eigenvalue weighted by Crippen LogP contribution is 2.16. The number of ether oxygens (including phenoxy) is 1. The first-order valence-electron chi connectivity index (χ1n) is 6.98. The second-order valence-corrected chi connectivity index (χ2v) is 5.97. The molecule has 0 unspecified atom stereocenters. The van der Waals surface area contributed by atoms with Gasteiger partial charge >= 0.3 is 0 Å². The highest BCUT2D eigenvalue weighted by Gasteiger charge is 2.24. The zero-order valence-electron chi connectivity index (χ0n) is 11.6. The number of hydrogen-bond acceptors (Lipinski definition) is 5. The third kappa shape index (κ3) is 3.65. The van der Waals surface area contributed by atoms with E-state index in [4.69, 9.17) is 4.74 Å². The maximum absolute atomic E-state index is 12.4. The Kier molecular flexibility index (Phi) is 4.57. The van der Waals surface area contributed by atoms with Crippen LogP contribution in [0.2, 0.25) is 0 Å². The molecule has 5 nitrogen and oxygen atoms in total. The topological polar surface area (TPSA) is 55.3 Å². The molecule has 0 saturated carbocycles. The van der Waals surface area contributed by atoms with Gasteiger partial charge < -0.3 is 9.64 Å². The second kappa shape index (κ2) is 6.78. The summed E-state index contributed by atoms with van der Waals surface area (Å²) in [6, 6.07) is 5.91. The first-order chi connectivity index (χ1) is 10.3. The Hall–Kier alpha value is -1.79. The van der Waals surface area contributed by atoms with Crippen LogP contribution in [0.3, 0.4) is 0 Å². The van der Waals surface area contributed by atoms with Gasteiger partial charge in [0.15, 0.2) is 0 Å². The Morgan fingerprint density at radius 3 is 3.19 bits per heavy atom. The largest absolute Gasteiger partial charge is 0.379 e. The Bertz CT molecular complexity index is 574. The lowest BCUT2D eigenvalue weighted by molar-refractivity contribution is 0.0742. The van der Waals surface area contributed by atoms with E-state index in [2.05, 4.69) is 9.97 Å². The number of thiazole rings is 1. The molecule has 1 aliphatic rings. The molecule has 6 heteroatoms. The lowest BCUT2D eigenvalue weighted by Gasteiger charge is -2.22. The van der Waals surface area contributed by atoms with E-state index in [0.29, 0.717) is 31.2 Å². The molecule has 1 amide bonds. The lowest BCUT2D eigenvalue weighted by atomic mass is 10.0. The van der Waals surface area contributed by atoms with E-state index >= 15 is 0 Å². The van der Waals surface area contributed by atoms with Crippen LogP contribution in [0.4, 0.5) is 0 Å². The number of pyridine rings is 1. The highest BCUT2D eigenvalue weighted by molar-refractivity contribution is 7.11. The predicted octanol–water partition coefficient (Wildman–Crippen LogP) is 1.87. The summed E-state index contributed by atoms with van der Waals surface area (Å²) < 4.78 is 5.64. The van der Waals surface area contributed by atoms with Crippen molar-refractivity contribution in [3.63, 3.8) is 0 Å². The molecule has 0 spiro atoms. The van der Waals surface area contributed by atoms with Crippen LogP contribution in [0, 0.1) is 5.92 Å². The maximum Gasteiger partial charge on any atom is 0.265 e. The SMILES string of the molecule is O=C(c1cncs1)N1CCOC[C@H](Cc2ccccn2)C1. The molecular weight excluding hydrogens is 286 g/mol. The summed E-state index contributed by atoms with van der Waals surface area (Å²) in [5.74, 6) is 0.327. The van der Waals surface area contributed by atoms with Gasteiger partial charge in [0.05, 0.1) is 24.9 Å². The fourth-order valence-electron chi connectivity index (χ4n) is 2.48. The van der Waals surface area contributed by atoms with Crippen LogP contribution >= 0.6 is 11.3 Å². The third-order valence-corrected chi connectivity index (χ3v) is 4.25. The van der Waals surface area contributed by atoms with Crippen molar-refractivity contribution < 1.29 is 9.53 Å². The molecule has 0 N–H and O–H groups in total. The number of hydrogen-bond donors (Lipinski definition) is 0. The van der Waals surface area contributed by atoms with Crippen molar-refractivity contribution in [3.8, 4) is 0 Å². The normalized spacial score (nSPS) is 19.2. The van der Waals surface area contributed by atoms with E-state index < -0.39 is 0 Å². The average molecular weight is 303 g/mol. The number of nitrogens with zero attached hydrogens (tertiary/aromatic N) is 3. The summed E-state index contributed by atoms with van der Waals surface area (Å²) in [7, 11) is 0. The summed E-state index contributed by atoms with van der Waals surface area (Å²) in [6.45, 7) is 2.59. The molecule has 0 bridgehead atoms. The Morgan fingerprint density at radius 2 is 2.43 bits per heavy atom. The van der Waals surface area contributed by atoms with Crippen molar-refractivity contribution in [2.45, 2.75) is 6.42 Å². The fraction of sp³-hybridized carbons (Fsp3) is 0.400. The fourth-order valence-corrected chi connectivity index (χ4v) is 3.07. The number of amides is 1. The Balaban J connectivity index is 1.67. The van der Waals surface area contributed by atoms with Crippen molar-refractivity contribution in [1.82, 2.24) is 14.9 Å². The average Bonchev–Trinajstić information content (AvgIpc) is 2.95. The molecule has 0 radical (unpaired) electrons. The van der Waals surface area contributed by atoms with Gasteiger partial charge in [-0.15, -0.1) is 11.3 Å². The van der Waals surface area contributed by atoms with Crippen molar-refractivity contribution >= 4 is 17.2 Å². The summed E-state index contributed by atoms with van der Waals surface area (Å²) in [5.41, 5.74) is 2.73. The van der Waals surface area contributed by atoms with Crippen molar-refractivity contribution in [1.29, 1.82) is 0 Å². The number of carbonyl (C=O) groups is 1. The first-order valence-corrected chi connectivity index (χ1v) is 7.86. The van der Waals surface area contributed by atoms with E-state index in [1.54, 1.807) is 17.9 Å². The van der Waals surface area contributed by atoms with E-state index in [1.165, 1.54) is 11.3 Å². The van der Waals surface area contributed by atoms with Gasteiger partial charge in [-0.05, 0) is 18.6 Å². The number of aromatic nitrogens is 2. The van der Waals surface area contributed by atoms with Crippen molar-refractivity contribution in [3.05, 3.63) is 46.7 Å². The van der Waals surface area contributed by atoms with Gasteiger partial charge in [-0.2, -0.15) is 0 Å². The quantitative estimate of drug-likeness (QED) is 0.868. The van der Waals surface area contributed by atoms with Gasteiger partial charge in [0.25, 0.3) is 5.91 Å². The van der Waals surface area contributed by atoms with E-state index in [9.17, 15) is 4.79 Å². The third-order valence-electron chi connectivity index (χ3n) is 3.49. The summed E-state index contributed by atoms with van der Waals surface area (Å²) >= 11 is 1.38. The maximum atomic E-state index is 12.4. The molecule has 2 aromatic rings. The van der Waals surface area contributed by atoms with Gasteiger partial charge in [-0.1, -0.05) is 6.07 Å². The zero-order valence-corrected chi connectivity index (χ0v) is 12.5. The zero-order chi connectivity index (χ0) is 14.5. The molecule has 2 aromatic heterocycles. The number of rotatable bonds is 3. The molecule has 21 heavy (non-hydrogen) atoms. The van der Waals surface area contributed by atoms with Crippen LogP contribution < -0.4 is 0 Å². The van der Waals surface area contributed by atoms with Crippen LogP contribution in [0.15, 0.2) is 36.1 Å². The monoisotopic (exact) mass is 303 g/mol.